The summed E-state index contributed by atoms with van der Waals surface area (Å²) in [5, 5.41) is 0.800. The van der Waals surface area contributed by atoms with Gasteiger partial charge in [-0.25, -0.2) is 9.97 Å². The molecule has 1 spiro atoms. The van der Waals surface area contributed by atoms with Crippen molar-refractivity contribution in [3.63, 3.8) is 0 Å². The van der Waals surface area contributed by atoms with Crippen LogP contribution in [0.2, 0.25) is 0 Å². The van der Waals surface area contributed by atoms with Crippen LogP contribution in [0.25, 0.3) is 0 Å². The largest absolute Gasteiger partial charge is 0.355 e. The quantitative estimate of drug-likeness (QED) is 0.626. The number of amides is 1. The molecule has 23 heavy (non-hydrogen) atoms. The fourth-order valence-corrected chi connectivity index (χ4v) is 4.34. The maximum atomic E-state index is 13.1. The minimum Gasteiger partial charge on any atom is -0.355 e. The van der Waals surface area contributed by atoms with Crippen molar-refractivity contribution in [3.8, 4) is 0 Å². The predicted molar refractivity (Wildman–Crippen MR) is 91.6 cm³/mol. The van der Waals surface area contributed by atoms with Crippen LogP contribution in [0.4, 0.5) is 5.82 Å². The summed E-state index contributed by atoms with van der Waals surface area (Å²) in [5.74, 6) is 2.14. The maximum absolute atomic E-state index is 13.1. The number of piperidine rings is 1. The van der Waals surface area contributed by atoms with Gasteiger partial charge in [0.1, 0.15) is 5.82 Å². The van der Waals surface area contributed by atoms with Crippen LogP contribution < -0.4 is 4.90 Å². The van der Waals surface area contributed by atoms with E-state index in [1.807, 2.05) is 18.5 Å². The monoisotopic (exact) mass is 332 g/mol. The van der Waals surface area contributed by atoms with Crippen molar-refractivity contribution in [2.45, 2.75) is 37.3 Å². The Hall–Kier alpha value is -1.30. The SMILES string of the molecule is CSc1nccc(N2CCC3(CCCN(CC4CC4)C3=O)C2)n1. The number of carbonyl (C=O) groups is 1. The van der Waals surface area contributed by atoms with E-state index >= 15 is 0 Å². The summed E-state index contributed by atoms with van der Waals surface area (Å²) in [4.78, 5) is 26.4. The van der Waals surface area contributed by atoms with Gasteiger partial charge in [0.05, 0.1) is 5.41 Å². The minimum absolute atomic E-state index is 0.169. The molecule has 1 atom stereocenters. The van der Waals surface area contributed by atoms with Gasteiger partial charge in [-0.3, -0.25) is 4.79 Å². The first-order valence-corrected chi connectivity index (χ1v) is 9.84. The standard InChI is InChI=1S/C17H24N4OS/c1-23-16-18-8-5-14(19-16)21-10-7-17(12-21)6-2-9-20(15(17)22)11-13-3-4-13/h5,8,13H,2-4,6-7,9-12H2,1H3. The molecule has 1 aromatic heterocycles. The van der Waals surface area contributed by atoms with Gasteiger partial charge in [0.15, 0.2) is 5.16 Å². The van der Waals surface area contributed by atoms with E-state index in [0.717, 1.165) is 62.3 Å². The summed E-state index contributed by atoms with van der Waals surface area (Å²) >= 11 is 1.56. The molecule has 1 aromatic rings. The van der Waals surface area contributed by atoms with Crippen LogP contribution in [-0.2, 0) is 4.79 Å². The van der Waals surface area contributed by atoms with Gasteiger partial charge in [-0.15, -0.1) is 0 Å². The molecule has 4 rings (SSSR count). The lowest BCUT2D eigenvalue weighted by molar-refractivity contribution is -0.145. The van der Waals surface area contributed by atoms with Gasteiger partial charge in [-0.05, 0) is 50.3 Å². The van der Waals surface area contributed by atoms with Crippen molar-refractivity contribution in [2.24, 2.45) is 11.3 Å². The van der Waals surface area contributed by atoms with Crippen LogP contribution in [0.5, 0.6) is 0 Å². The number of anilines is 1. The predicted octanol–water partition coefficient (Wildman–Crippen LogP) is 2.43. The normalized spacial score (nSPS) is 28.0. The summed E-state index contributed by atoms with van der Waals surface area (Å²) in [6.45, 7) is 3.69. The number of rotatable bonds is 4. The number of carbonyl (C=O) groups excluding carboxylic acids is 1. The van der Waals surface area contributed by atoms with Gasteiger partial charge in [0.2, 0.25) is 5.91 Å². The van der Waals surface area contributed by atoms with Crippen molar-refractivity contribution in [3.05, 3.63) is 12.3 Å². The zero-order valence-electron chi connectivity index (χ0n) is 13.7. The molecular weight excluding hydrogens is 308 g/mol. The summed E-state index contributed by atoms with van der Waals surface area (Å²) in [5.41, 5.74) is -0.169. The van der Waals surface area contributed by atoms with E-state index in [-0.39, 0.29) is 5.41 Å². The Kier molecular flexibility index (Phi) is 3.95. The number of thioether (sulfide) groups is 1. The fraction of sp³-hybridized carbons (Fsp3) is 0.706. The van der Waals surface area contributed by atoms with Crippen LogP contribution in [0.15, 0.2) is 17.4 Å². The molecule has 3 aliphatic rings. The molecule has 0 radical (unpaired) electrons. The molecule has 0 aromatic carbocycles. The Morgan fingerprint density at radius 1 is 1.35 bits per heavy atom. The van der Waals surface area contributed by atoms with Crippen LogP contribution in [0.3, 0.4) is 0 Å². The Balaban J connectivity index is 1.50. The first kappa shape index (κ1) is 15.2. The molecule has 6 heteroatoms. The van der Waals surface area contributed by atoms with Crippen molar-refractivity contribution >= 4 is 23.5 Å². The van der Waals surface area contributed by atoms with E-state index < -0.39 is 0 Å². The molecule has 0 N–H and O–H groups in total. The highest BCUT2D eigenvalue weighted by Gasteiger charge is 2.49. The van der Waals surface area contributed by atoms with E-state index in [2.05, 4.69) is 19.8 Å². The van der Waals surface area contributed by atoms with Gasteiger partial charge in [-0.1, -0.05) is 11.8 Å². The summed E-state index contributed by atoms with van der Waals surface area (Å²) < 4.78 is 0. The van der Waals surface area contributed by atoms with E-state index in [1.54, 1.807) is 11.8 Å². The minimum atomic E-state index is -0.169. The van der Waals surface area contributed by atoms with Gasteiger partial charge in [0.25, 0.3) is 0 Å². The average molecular weight is 332 g/mol. The molecule has 5 nitrogen and oxygen atoms in total. The third-order valence-electron chi connectivity index (χ3n) is 5.48. The molecule has 3 fully saturated rings. The molecule has 1 unspecified atom stereocenters. The molecule has 2 saturated heterocycles. The van der Waals surface area contributed by atoms with Gasteiger partial charge in [0, 0.05) is 32.4 Å². The second-order valence-electron chi connectivity index (χ2n) is 7.15. The van der Waals surface area contributed by atoms with E-state index in [9.17, 15) is 4.79 Å². The Morgan fingerprint density at radius 2 is 2.22 bits per heavy atom. The smallest absolute Gasteiger partial charge is 0.230 e. The lowest BCUT2D eigenvalue weighted by Crippen LogP contribution is -2.50. The lowest BCUT2D eigenvalue weighted by atomic mass is 9.78. The third kappa shape index (κ3) is 2.93. The first-order chi connectivity index (χ1) is 11.2. The van der Waals surface area contributed by atoms with Gasteiger partial charge < -0.3 is 9.80 Å². The van der Waals surface area contributed by atoms with Crippen LogP contribution in [-0.4, -0.2) is 53.2 Å². The van der Waals surface area contributed by atoms with Crippen molar-refractivity contribution in [1.29, 1.82) is 0 Å². The molecule has 1 amide bonds. The first-order valence-electron chi connectivity index (χ1n) is 8.62. The number of nitrogens with zero attached hydrogens (tertiary/aromatic N) is 4. The molecule has 1 saturated carbocycles. The zero-order chi connectivity index (χ0) is 15.9. The molecule has 124 valence electrons. The zero-order valence-corrected chi connectivity index (χ0v) is 14.5. The van der Waals surface area contributed by atoms with E-state index in [1.165, 1.54) is 12.8 Å². The lowest BCUT2D eigenvalue weighted by Gasteiger charge is -2.39. The number of hydrogen-bond acceptors (Lipinski definition) is 5. The van der Waals surface area contributed by atoms with Crippen LogP contribution >= 0.6 is 11.8 Å². The summed E-state index contributed by atoms with van der Waals surface area (Å²) in [6, 6.07) is 1.97. The molecular formula is C17H24N4OS. The Labute approximate surface area is 141 Å². The van der Waals surface area contributed by atoms with E-state index in [0.29, 0.717) is 5.91 Å². The second-order valence-corrected chi connectivity index (χ2v) is 7.92. The highest BCUT2D eigenvalue weighted by atomic mass is 32.2. The topological polar surface area (TPSA) is 49.3 Å². The van der Waals surface area contributed by atoms with Crippen molar-refractivity contribution < 1.29 is 4.79 Å². The van der Waals surface area contributed by atoms with Crippen LogP contribution in [0.1, 0.15) is 32.1 Å². The van der Waals surface area contributed by atoms with Crippen molar-refractivity contribution in [1.82, 2.24) is 14.9 Å². The fourth-order valence-electron chi connectivity index (χ4n) is 3.99. The van der Waals surface area contributed by atoms with Gasteiger partial charge in [-0.2, -0.15) is 0 Å². The summed E-state index contributed by atoms with van der Waals surface area (Å²) in [6.07, 6.45) is 9.57. The Bertz CT molecular complexity index is 606. The molecule has 1 aliphatic carbocycles. The van der Waals surface area contributed by atoms with Crippen LogP contribution in [0, 0.1) is 11.3 Å². The molecule has 0 bridgehead atoms. The maximum Gasteiger partial charge on any atom is 0.230 e. The number of hydrogen-bond donors (Lipinski definition) is 0. The number of aromatic nitrogens is 2. The third-order valence-corrected chi connectivity index (χ3v) is 6.04. The summed E-state index contributed by atoms with van der Waals surface area (Å²) in [7, 11) is 0. The second kappa shape index (κ2) is 5.96. The van der Waals surface area contributed by atoms with E-state index in [4.69, 9.17) is 0 Å². The Morgan fingerprint density at radius 3 is 3.00 bits per heavy atom. The molecule has 3 heterocycles. The highest BCUT2D eigenvalue weighted by Crippen LogP contribution is 2.42. The van der Waals surface area contributed by atoms with Crippen molar-refractivity contribution in [2.75, 3.05) is 37.3 Å². The average Bonchev–Trinajstić information content (AvgIpc) is 3.30. The number of likely N-dealkylation sites (tertiary alicyclic amines) is 1. The van der Waals surface area contributed by atoms with Gasteiger partial charge >= 0.3 is 0 Å². The molecule has 2 aliphatic heterocycles. The highest BCUT2D eigenvalue weighted by molar-refractivity contribution is 7.98.